The summed E-state index contributed by atoms with van der Waals surface area (Å²) in [5.41, 5.74) is 5.90. The third-order valence-corrected chi connectivity index (χ3v) is 1.65. The van der Waals surface area contributed by atoms with Crippen LogP contribution in [0.25, 0.3) is 0 Å². The van der Waals surface area contributed by atoms with Crippen LogP contribution >= 0.6 is 0 Å². The number of nitrogens with one attached hydrogen (secondary N) is 1. The van der Waals surface area contributed by atoms with E-state index < -0.39 is 5.91 Å². The van der Waals surface area contributed by atoms with Gasteiger partial charge in [-0.3, -0.25) is 4.79 Å². The maximum atomic E-state index is 10.7. The Labute approximate surface area is 75.6 Å². The SMILES string of the molecule is CC(C)c1[nH]c(C(N)=O)nc1C#N. The van der Waals surface area contributed by atoms with Crippen LogP contribution < -0.4 is 5.73 Å². The molecule has 3 N–H and O–H groups in total. The van der Waals surface area contributed by atoms with Crippen LogP contribution in [0.15, 0.2) is 0 Å². The highest BCUT2D eigenvalue weighted by molar-refractivity contribution is 5.89. The quantitative estimate of drug-likeness (QED) is 0.690. The van der Waals surface area contributed by atoms with Gasteiger partial charge in [0.05, 0.1) is 5.69 Å². The average Bonchev–Trinajstić information content (AvgIpc) is 2.47. The van der Waals surface area contributed by atoms with E-state index >= 15 is 0 Å². The summed E-state index contributed by atoms with van der Waals surface area (Å²) in [6, 6.07) is 1.90. The number of H-pyrrole nitrogens is 1. The second kappa shape index (κ2) is 3.27. The standard InChI is InChI=1S/C8H10N4O/c1-4(2)6-5(3-9)11-8(12-6)7(10)13/h4H,1-2H3,(H2,10,13)(H,11,12). The van der Waals surface area contributed by atoms with Crippen molar-refractivity contribution in [1.29, 1.82) is 5.26 Å². The number of hydrogen-bond donors (Lipinski definition) is 2. The molecule has 1 aromatic heterocycles. The van der Waals surface area contributed by atoms with Gasteiger partial charge < -0.3 is 10.7 Å². The number of amides is 1. The monoisotopic (exact) mass is 178 g/mol. The molecule has 0 spiro atoms. The van der Waals surface area contributed by atoms with Crippen molar-refractivity contribution in [3.8, 4) is 6.07 Å². The molecule has 0 atom stereocenters. The van der Waals surface area contributed by atoms with E-state index in [2.05, 4.69) is 9.97 Å². The van der Waals surface area contributed by atoms with Crippen LogP contribution in [-0.4, -0.2) is 15.9 Å². The van der Waals surface area contributed by atoms with Gasteiger partial charge in [0.1, 0.15) is 6.07 Å². The molecule has 0 aromatic carbocycles. The van der Waals surface area contributed by atoms with Crippen molar-refractivity contribution in [3.05, 3.63) is 17.2 Å². The maximum Gasteiger partial charge on any atom is 0.284 e. The molecule has 5 heteroatoms. The van der Waals surface area contributed by atoms with Gasteiger partial charge in [-0.25, -0.2) is 4.98 Å². The van der Waals surface area contributed by atoms with Gasteiger partial charge in [-0.1, -0.05) is 13.8 Å². The van der Waals surface area contributed by atoms with Gasteiger partial charge in [0.2, 0.25) is 0 Å². The number of hydrogen-bond acceptors (Lipinski definition) is 3. The minimum atomic E-state index is -0.650. The number of aromatic amines is 1. The van der Waals surface area contributed by atoms with Crippen molar-refractivity contribution in [1.82, 2.24) is 9.97 Å². The Kier molecular flexibility index (Phi) is 2.33. The predicted octanol–water partition coefficient (Wildman–Crippen LogP) is 0.504. The lowest BCUT2D eigenvalue weighted by atomic mass is 10.1. The van der Waals surface area contributed by atoms with E-state index in [9.17, 15) is 4.79 Å². The van der Waals surface area contributed by atoms with Gasteiger partial charge in [0.25, 0.3) is 5.91 Å². The number of rotatable bonds is 2. The van der Waals surface area contributed by atoms with Crippen LogP contribution in [0.3, 0.4) is 0 Å². The molecule has 0 saturated heterocycles. The molecule has 0 unspecified atom stereocenters. The van der Waals surface area contributed by atoms with Crippen molar-refractivity contribution >= 4 is 5.91 Å². The highest BCUT2D eigenvalue weighted by atomic mass is 16.1. The molecule has 5 nitrogen and oxygen atoms in total. The molecule has 1 rings (SSSR count). The van der Waals surface area contributed by atoms with E-state index in [1.165, 1.54) is 0 Å². The molecule has 1 aromatic rings. The first-order chi connectivity index (χ1) is 6.06. The summed E-state index contributed by atoms with van der Waals surface area (Å²) < 4.78 is 0. The Morgan fingerprint density at radius 1 is 1.69 bits per heavy atom. The second-order valence-corrected chi connectivity index (χ2v) is 2.98. The van der Waals surface area contributed by atoms with Crippen LogP contribution in [0.4, 0.5) is 0 Å². The number of nitrogens with two attached hydrogens (primary N) is 1. The number of aromatic nitrogens is 2. The Bertz CT molecular complexity index is 372. The summed E-state index contributed by atoms with van der Waals surface area (Å²) in [5, 5.41) is 8.68. The van der Waals surface area contributed by atoms with Gasteiger partial charge >= 0.3 is 0 Å². The molecule has 0 radical (unpaired) electrons. The summed E-state index contributed by atoms with van der Waals surface area (Å²) in [6.45, 7) is 3.80. The van der Waals surface area contributed by atoms with Crippen molar-refractivity contribution in [2.45, 2.75) is 19.8 Å². The number of nitrogens with zero attached hydrogens (tertiary/aromatic N) is 2. The zero-order chi connectivity index (χ0) is 10.0. The molecule has 1 heterocycles. The summed E-state index contributed by atoms with van der Waals surface area (Å²) in [5.74, 6) is -0.487. The minimum Gasteiger partial charge on any atom is -0.363 e. The number of primary amides is 1. The fourth-order valence-corrected chi connectivity index (χ4v) is 1.01. The first-order valence-electron chi connectivity index (χ1n) is 3.86. The molecule has 68 valence electrons. The molecule has 0 fully saturated rings. The van der Waals surface area contributed by atoms with E-state index in [-0.39, 0.29) is 17.4 Å². The topological polar surface area (TPSA) is 95.6 Å². The fourth-order valence-electron chi connectivity index (χ4n) is 1.01. The van der Waals surface area contributed by atoms with Gasteiger partial charge in [-0.15, -0.1) is 0 Å². The van der Waals surface area contributed by atoms with Crippen molar-refractivity contribution in [3.63, 3.8) is 0 Å². The van der Waals surface area contributed by atoms with Crippen LogP contribution in [0.2, 0.25) is 0 Å². The normalized spacial score (nSPS) is 10.0. The van der Waals surface area contributed by atoms with E-state index in [1.54, 1.807) is 0 Å². The lowest BCUT2D eigenvalue weighted by molar-refractivity contribution is 0.0991. The summed E-state index contributed by atoms with van der Waals surface area (Å²) >= 11 is 0. The average molecular weight is 178 g/mol. The van der Waals surface area contributed by atoms with Gasteiger partial charge in [0, 0.05) is 0 Å². The maximum absolute atomic E-state index is 10.7. The van der Waals surface area contributed by atoms with Crippen molar-refractivity contribution in [2.75, 3.05) is 0 Å². The van der Waals surface area contributed by atoms with E-state index in [0.717, 1.165) is 0 Å². The number of carbonyl (C=O) groups excluding carboxylic acids is 1. The van der Waals surface area contributed by atoms with E-state index in [0.29, 0.717) is 5.69 Å². The van der Waals surface area contributed by atoms with Crippen LogP contribution in [0.1, 0.15) is 41.8 Å². The molecular weight excluding hydrogens is 168 g/mol. The Hall–Kier alpha value is -1.83. The highest BCUT2D eigenvalue weighted by Crippen LogP contribution is 2.15. The number of carbonyl (C=O) groups is 1. The Morgan fingerprint density at radius 2 is 2.31 bits per heavy atom. The second-order valence-electron chi connectivity index (χ2n) is 2.98. The Balaban J connectivity index is 3.21. The molecule has 0 saturated carbocycles. The first-order valence-corrected chi connectivity index (χ1v) is 3.86. The number of imidazole rings is 1. The molecule has 1 amide bonds. The summed E-state index contributed by atoms with van der Waals surface area (Å²) in [6.07, 6.45) is 0. The molecular formula is C8H10N4O. The highest BCUT2D eigenvalue weighted by Gasteiger charge is 2.15. The lowest BCUT2D eigenvalue weighted by Crippen LogP contribution is -2.12. The molecule has 0 aliphatic carbocycles. The molecule has 0 aliphatic rings. The molecule has 0 bridgehead atoms. The zero-order valence-corrected chi connectivity index (χ0v) is 7.46. The largest absolute Gasteiger partial charge is 0.363 e. The molecule has 0 aliphatic heterocycles. The smallest absolute Gasteiger partial charge is 0.284 e. The summed E-state index contributed by atoms with van der Waals surface area (Å²) in [4.78, 5) is 17.2. The first kappa shape index (κ1) is 9.26. The predicted molar refractivity (Wildman–Crippen MR) is 45.9 cm³/mol. The fraction of sp³-hybridized carbons (Fsp3) is 0.375. The zero-order valence-electron chi connectivity index (χ0n) is 7.46. The Morgan fingerprint density at radius 3 is 2.62 bits per heavy atom. The van der Waals surface area contributed by atoms with E-state index in [4.69, 9.17) is 11.0 Å². The van der Waals surface area contributed by atoms with Gasteiger partial charge in [-0.05, 0) is 5.92 Å². The van der Waals surface area contributed by atoms with Crippen LogP contribution in [0, 0.1) is 11.3 Å². The van der Waals surface area contributed by atoms with Gasteiger partial charge in [-0.2, -0.15) is 5.26 Å². The van der Waals surface area contributed by atoms with Gasteiger partial charge in [0.15, 0.2) is 11.5 Å². The third kappa shape index (κ3) is 1.67. The third-order valence-electron chi connectivity index (χ3n) is 1.65. The summed E-state index contributed by atoms with van der Waals surface area (Å²) in [7, 11) is 0. The number of nitriles is 1. The molecule has 13 heavy (non-hydrogen) atoms. The minimum absolute atomic E-state index is 0.0419. The van der Waals surface area contributed by atoms with Crippen LogP contribution in [-0.2, 0) is 0 Å². The van der Waals surface area contributed by atoms with E-state index in [1.807, 2.05) is 19.9 Å². The van der Waals surface area contributed by atoms with Crippen molar-refractivity contribution < 1.29 is 4.79 Å². The lowest BCUT2D eigenvalue weighted by Gasteiger charge is -1.98. The van der Waals surface area contributed by atoms with Crippen LogP contribution in [0.5, 0.6) is 0 Å². The van der Waals surface area contributed by atoms with Crippen molar-refractivity contribution in [2.24, 2.45) is 5.73 Å².